The lowest BCUT2D eigenvalue weighted by molar-refractivity contribution is -0.139. The Bertz CT molecular complexity index is 123. The summed E-state index contributed by atoms with van der Waals surface area (Å²) in [5.74, 6) is -1.02. The Morgan fingerprint density at radius 2 is 2.22 bits per heavy atom. The Hall–Kier alpha value is -0.220. The Kier molecular flexibility index (Phi) is 2.51. The van der Waals surface area contributed by atoms with Crippen molar-refractivity contribution in [3.05, 3.63) is 0 Å². The molecule has 0 bridgehead atoms. The molecule has 4 heteroatoms. The Morgan fingerprint density at radius 1 is 1.89 bits per heavy atom. The number of carboxylic acid groups (broad SMARTS) is 1. The first-order valence-corrected chi connectivity index (χ1v) is 3.01. The Balaban J connectivity index is 0. The summed E-state index contributed by atoms with van der Waals surface area (Å²) < 4.78 is -0.647. The number of aliphatic carboxylic acids is 1. The largest absolute Gasteiger partial charge is 0.480 e. The lowest BCUT2D eigenvalue weighted by Crippen LogP contribution is -2.45. The zero-order valence-electron chi connectivity index (χ0n) is 5.46. The highest BCUT2D eigenvalue weighted by atomic mass is 32.1. The number of carbonyl (C=O) groups is 1. The molecule has 0 heterocycles. The molecule has 0 rings (SSSR count). The summed E-state index contributed by atoms with van der Waals surface area (Å²) in [6, 6.07) is -0.902. The van der Waals surface area contributed by atoms with Crippen molar-refractivity contribution in [2.24, 2.45) is 5.73 Å². The molecule has 0 aliphatic heterocycles. The van der Waals surface area contributed by atoms with Gasteiger partial charge in [0.2, 0.25) is 0 Å². The first-order valence-electron chi connectivity index (χ1n) is 2.56. The third-order valence-electron chi connectivity index (χ3n) is 1.03. The summed E-state index contributed by atoms with van der Waals surface area (Å²) in [6.07, 6.45) is 0. The average molecular weight is 151 g/mol. The standard InChI is InChI=1S/C5H11NO2S.H2/c1-5(2,9)3(6)4(7)8;/h3,9H,6H2,1-2H3,(H,7,8);1H. The molecule has 1 unspecified atom stereocenters. The number of rotatable bonds is 2. The predicted molar refractivity (Wildman–Crippen MR) is 40.8 cm³/mol. The van der Waals surface area contributed by atoms with Crippen LogP contribution < -0.4 is 5.73 Å². The van der Waals surface area contributed by atoms with E-state index in [4.69, 9.17) is 10.8 Å². The molecule has 0 amide bonds. The molecule has 0 aliphatic carbocycles. The van der Waals surface area contributed by atoms with Crippen molar-refractivity contribution < 1.29 is 11.3 Å². The number of nitrogens with two attached hydrogens (primary N) is 1. The molecule has 0 aromatic carbocycles. The van der Waals surface area contributed by atoms with Crippen LogP contribution in [0.15, 0.2) is 0 Å². The van der Waals surface area contributed by atoms with Crippen molar-refractivity contribution in [1.82, 2.24) is 0 Å². The number of carboxylic acids is 1. The highest BCUT2D eigenvalue weighted by molar-refractivity contribution is 7.81. The average Bonchev–Trinajstić information content (AvgIpc) is 1.62. The first kappa shape index (κ1) is 8.78. The van der Waals surface area contributed by atoms with Gasteiger partial charge in [-0.2, -0.15) is 12.6 Å². The molecule has 0 aliphatic rings. The maximum absolute atomic E-state index is 10.2. The number of hydrogen-bond donors (Lipinski definition) is 3. The predicted octanol–water partition coefficient (Wildman–Crippen LogP) is 0.353. The van der Waals surface area contributed by atoms with E-state index in [1.807, 2.05) is 0 Å². The first-order chi connectivity index (χ1) is 3.85. The van der Waals surface area contributed by atoms with Gasteiger partial charge in [-0.3, -0.25) is 4.79 Å². The molecular formula is C5H13NO2S. The van der Waals surface area contributed by atoms with Crippen LogP contribution in [0.3, 0.4) is 0 Å². The minimum Gasteiger partial charge on any atom is -0.480 e. The van der Waals surface area contributed by atoms with Crippen LogP contribution in [0.1, 0.15) is 15.3 Å². The van der Waals surface area contributed by atoms with Gasteiger partial charge < -0.3 is 10.8 Å². The van der Waals surface area contributed by atoms with E-state index in [9.17, 15) is 4.79 Å². The summed E-state index contributed by atoms with van der Waals surface area (Å²) in [5.41, 5.74) is 5.22. The van der Waals surface area contributed by atoms with E-state index in [0.29, 0.717) is 0 Å². The van der Waals surface area contributed by atoms with Crippen molar-refractivity contribution in [1.29, 1.82) is 0 Å². The molecule has 0 spiro atoms. The van der Waals surface area contributed by atoms with Gasteiger partial charge in [-0.15, -0.1) is 0 Å². The molecule has 0 saturated carbocycles. The third kappa shape index (κ3) is 2.72. The second-order valence-electron chi connectivity index (χ2n) is 2.47. The van der Waals surface area contributed by atoms with Crippen molar-refractivity contribution >= 4 is 18.6 Å². The second kappa shape index (κ2) is 2.58. The van der Waals surface area contributed by atoms with Gasteiger partial charge in [-0.05, 0) is 13.8 Å². The number of thiol groups is 1. The maximum atomic E-state index is 10.2. The second-order valence-corrected chi connectivity index (χ2v) is 3.62. The van der Waals surface area contributed by atoms with E-state index in [2.05, 4.69) is 12.6 Å². The zero-order chi connectivity index (χ0) is 7.65. The van der Waals surface area contributed by atoms with Crippen molar-refractivity contribution in [2.75, 3.05) is 0 Å². The Morgan fingerprint density at radius 3 is 2.22 bits per heavy atom. The molecule has 0 aromatic heterocycles. The molecule has 0 aromatic rings. The van der Waals surface area contributed by atoms with E-state index in [0.717, 1.165) is 0 Å². The van der Waals surface area contributed by atoms with E-state index >= 15 is 0 Å². The van der Waals surface area contributed by atoms with Gasteiger partial charge >= 0.3 is 5.97 Å². The van der Waals surface area contributed by atoms with Crippen molar-refractivity contribution in [3.8, 4) is 0 Å². The molecule has 3 nitrogen and oxygen atoms in total. The van der Waals surface area contributed by atoms with Gasteiger partial charge in [0, 0.05) is 6.17 Å². The molecule has 0 fully saturated rings. The smallest absolute Gasteiger partial charge is 0.321 e. The highest BCUT2D eigenvalue weighted by Crippen LogP contribution is 2.15. The van der Waals surface area contributed by atoms with Gasteiger partial charge in [-0.25, -0.2) is 0 Å². The lowest BCUT2D eigenvalue weighted by atomic mass is 10.1. The SMILES string of the molecule is CC(C)(S)C(N)C(=O)O.[HH]. The third-order valence-corrected chi connectivity index (χ3v) is 1.31. The van der Waals surface area contributed by atoms with Crippen LogP contribution in [0.4, 0.5) is 0 Å². The van der Waals surface area contributed by atoms with E-state index in [-0.39, 0.29) is 1.43 Å². The monoisotopic (exact) mass is 151 g/mol. The van der Waals surface area contributed by atoms with Gasteiger partial charge in [-0.1, -0.05) is 0 Å². The van der Waals surface area contributed by atoms with Gasteiger partial charge in [0.25, 0.3) is 0 Å². The summed E-state index contributed by atoms with van der Waals surface area (Å²) in [5, 5.41) is 8.34. The fourth-order valence-corrected chi connectivity index (χ4v) is 0.413. The molecule has 3 N–H and O–H groups in total. The minimum atomic E-state index is -1.02. The van der Waals surface area contributed by atoms with Gasteiger partial charge in [0.1, 0.15) is 6.04 Å². The molecule has 9 heavy (non-hydrogen) atoms. The van der Waals surface area contributed by atoms with Crippen LogP contribution in [-0.4, -0.2) is 21.9 Å². The van der Waals surface area contributed by atoms with Crippen LogP contribution in [-0.2, 0) is 4.79 Å². The van der Waals surface area contributed by atoms with Crippen molar-refractivity contribution in [2.45, 2.75) is 24.6 Å². The van der Waals surface area contributed by atoms with Crippen LogP contribution in [0, 0.1) is 0 Å². The van der Waals surface area contributed by atoms with Gasteiger partial charge in [0.05, 0.1) is 0 Å². The Labute approximate surface area is 61.1 Å². The normalized spacial score (nSPS) is 15.1. The van der Waals surface area contributed by atoms with Gasteiger partial charge in [0.15, 0.2) is 0 Å². The van der Waals surface area contributed by atoms with Crippen LogP contribution in [0.25, 0.3) is 0 Å². The fourth-order valence-electron chi connectivity index (χ4n) is 0.302. The van der Waals surface area contributed by atoms with E-state index < -0.39 is 16.8 Å². The molecule has 0 saturated heterocycles. The molecule has 1 atom stereocenters. The highest BCUT2D eigenvalue weighted by Gasteiger charge is 2.27. The molecule has 0 radical (unpaired) electrons. The van der Waals surface area contributed by atoms with E-state index in [1.54, 1.807) is 13.8 Å². The molecular weight excluding hydrogens is 138 g/mol. The van der Waals surface area contributed by atoms with E-state index in [1.165, 1.54) is 0 Å². The van der Waals surface area contributed by atoms with Crippen LogP contribution in [0.5, 0.6) is 0 Å². The number of hydrogen-bond acceptors (Lipinski definition) is 3. The van der Waals surface area contributed by atoms with Crippen LogP contribution >= 0.6 is 12.6 Å². The topological polar surface area (TPSA) is 63.3 Å². The maximum Gasteiger partial charge on any atom is 0.321 e. The zero-order valence-corrected chi connectivity index (χ0v) is 6.35. The lowest BCUT2D eigenvalue weighted by Gasteiger charge is -2.21. The minimum absolute atomic E-state index is 0. The fraction of sp³-hybridized carbons (Fsp3) is 0.800. The summed E-state index contributed by atoms with van der Waals surface area (Å²) in [7, 11) is 0. The summed E-state index contributed by atoms with van der Waals surface area (Å²) in [4.78, 5) is 10.2. The quantitative estimate of drug-likeness (QED) is 0.499. The van der Waals surface area contributed by atoms with Crippen molar-refractivity contribution in [3.63, 3.8) is 0 Å². The summed E-state index contributed by atoms with van der Waals surface area (Å²) in [6.45, 7) is 3.32. The van der Waals surface area contributed by atoms with Crippen LogP contribution in [0.2, 0.25) is 0 Å². The summed E-state index contributed by atoms with van der Waals surface area (Å²) >= 11 is 3.98. The molecule has 56 valence electrons.